The molecule has 1 heterocycles. The number of nitrogens with zero attached hydrogens (tertiary/aromatic N) is 1. The largest absolute Gasteiger partial charge is 0.512 e. The molecule has 0 aromatic carbocycles. The van der Waals surface area contributed by atoms with Crippen LogP contribution in [0.2, 0.25) is 0 Å². The summed E-state index contributed by atoms with van der Waals surface area (Å²) >= 11 is 0. The second kappa shape index (κ2) is 3.09. The second-order valence-corrected chi connectivity index (χ2v) is 2.00. The molecule has 4 heteroatoms. The number of carbonyl (C=O) groups is 1. The van der Waals surface area contributed by atoms with Crippen LogP contribution in [0.1, 0.15) is 6.92 Å². The van der Waals surface area contributed by atoms with Crippen LogP contribution in [0.4, 0.5) is 4.79 Å². The summed E-state index contributed by atoms with van der Waals surface area (Å²) in [6, 6.07) is 3.35. The number of aryl methyl sites for hydroxylation is 1. The van der Waals surface area contributed by atoms with Crippen LogP contribution in [-0.4, -0.2) is 15.8 Å². The minimum absolute atomic E-state index is 0.361. The first-order valence-corrected chi connectivity index (χ1v) is 3.30. The molecular formula is C7H9NO3. The molecule has 4 nitrogen and oxygen atoms in total. The van der Waals surface area contributed by atoms with Crippen LogP contribution in [0.25, 0.3) is 0 Å². The van der Waals surface area contributed by atoms with E-state index in [9.17, 15) is 4.79 Å². The molecule has 60 valence electrons. The summed E-state index contributed by atoms with van der Waals surface area (Å²) in [6.45, 7) is 2.62. The molecule has 0 saturated carbocycles. The van der Waals surface area contributed by atoms with Crippen molar-refractivity contribution in [2.45, 2.75) is 13.5 Å². The first kappa shape index (κ1) is 7.65. The summed E-state index contributed by atoms with van der Waals surface area (Å²) in [5, 5.41) is 8.27. The van der Waals surface area contributed by atoms with Crippen molar-refractivity contribution in [1.82, 2.24) is 4.57 Å². The summed E-state index contributed by atoms with van der Waals surface area (Å²) in [5.41, 5.74) is 0. The molecule has 1 N–H and O–H groups in total. The molecule has 0 radical (unpaired) electrons. The lowest BCUT2D eigenvalue weighted by Crippen LogP contribution is -2.07. The van der Waals surface area contributed by atoms with Crippen LogP contribution in [0, 0.1) is 0 Å². The van der Waals surface area contributed by atoms with Crippen molar-refractivity contribution in [3.63, 3.8) is 0 Å². The smallest absolute Gasteiger partial charge is 0.449 e. The predicted octanol–water partition coefficient (Wildman–Crippen LogP) is 1.56. The lowest BCUT2D eigenvalue weighted by Gasteiger charge is -2.02. The van der Waals surface area contributed by atoms with Crippen LogP contribution in [0.5, 0.6) is 5.88 Å². The standard InChI is InChI=1S/C7H9NO3/c1-2-8-5-3-4-6(8)11-7(9)10/h3-5H,2H2,1H3,(H,9,10). The summed E-state index contributed by atoms with van der Waals surface area (Å²) in [4.78, 5) is 10.1. The van der Waals surface area contributed by atoms with Gasteiger partial charge in [-0.25, -0.2) is 4.79 Å². The molecular weight excluding hydrogens is 146 g/mol. The molecule has 0 amide bonds. The number of hydrogen-bond acceptors (Lipinski definition) is 2. The van der Waals surface area contributed by atoms with Crippen LogP contribution in [0.3, 0.4) is 0 Å². The van der Waals surface area contributed by atoms with Gasteiger partial charge in [0, 0.05) is 18.8 Å². The summed E-state index contributed by atoms with van der Waals surface area (Å²) < 4.78 is 6.16. The third kappa shape index (κ3) is 1.73. The fourth-order valence-corrected chi connectivity index (χ4v) is 0.842. The van der Waals surface area contributed by atoms with Gasteiger partial charge in [0.05, 0.1) is 0 Å². The Balaban J connectivity index is 2.76. The van der Waals surface area contributed by atoms with Gasteiger partial charge in [0.1, 0.15) is 0 Å². The van der Waals surface area contributed by atoms with Gasteiger partial charge in [-0.15, -0.1) is 0 Å². The van der Waals surface area contributed by atoms with Crippen molar-refractivity contribution in [2.75, 3.05) is 0 Å². The maximum absolute atomic E-state index is 10.1. The molecule has 0 unspecified atom stereocenters. The Hall–Kier alpha value is -1.45. The van der Waals surface area contributed by atoms with E-state index in [-0.39, 0.29) is 0 Å². The Morgan fingerprint density at radius 2 is 2.55 bits per heavy atom. The maximum Gasteiger partial charge on any atom is 0.512 e. The highest BCUT2D eigenvalue weighted by molar-refractivity contribution is 5.60. The first-order valence-electron chi connectivity index (χ1n) is 3.30. The lowest BCUT2D eigenvalue weighted by molar-refractivity contribution is 0.140. The van der Waals surface area contributed by atoms with Gasteiger partial charge in [-0.2, -0.15) is 0 Å². The molecule has 0 fully saturated rings. The van der Waals surface area contributed by atoms with Crippen molar-refractivity contribution in [1.29, 1.82) is 0 Å². The molecule has 0 atom stereocenters. The number of rotatable bonds is 2. The van der Waals surface area contributed by atoms with Crippen molar-refractivity contribution in [2.24, 2.45) is 0 Å². The minimum atomic E-state index is -1.28. The van der Waals surface area contributed by atoms with E-state index in [2.05, 4.69) is 4.74 Å². The van der Waals surface area contributed by atoms with Crippen LogP contribution < -0.4 is 4.74 Å². The summed E-state index contributed by atoms with van der Waals surface area (Å²) in [7, 11) is 0. The minimum Gasteiger partial charge on any atom is -0.449 e. The van der Waals surface area contributed by atoms with Crippen LogP contribution in [0.15, 0.2) is 18.3 Å². The summed E-state index contributed by atoms with van der Waals surface area (Å²) in [6.07, 6.45) is 0.483. The first-order chi connectivity index (χ1) is 5.24. The van der Waals surface area contributed by atoms with Gasteiger partial charge in [0.2, 0.25) is 5.88 Å². The van der Waals surface area contributed by atoms with E-state index in [1.165, 1.54) is 0 Å². The number of aromatic nitrogens is 1. The number of carboxylic acid groups (broad SMARTS) is 1. The monoisotopic (exact) mass is 155 g/mol. The Morgan fingerprint density at radius 1 is 1.82 bits per heavy atom. The van der Waals surface area contributed by atoms with E-state index in [4.69, 9.17) is 5.11 Å². The molecule has 1 aromatic rings. The highest BCUT2D eigenvalue weighted by atomic mass is 16.7. The van der Waals surface area contributed by atoms with Crippen LogP contribution >= 0.6 is 0 Å². The molecule has 11 heavy (non-hydrogen) atoms. The van der Waals surface area contributed by atoms with Gasteiger partial charge in [0.15, 0.2) is 0 Å². The normalized spacial score (nSPS) is 9.55. The Kier molecular flexibility index (Phi) is 2.15. The Labute approximate surface area is 64.0 Å². The van der Waals surface area contributed by atoms with Gasteiger partial charge < -0.3 is 14.4 Å². The SMILES string of the molecule is CCn1cccc1OC(=O)O. The van der Waals surface area contributed by atoms with Gasteiger partial charge in [-0.3, -0.25) is 0 Å². The lowest BCUT2D eigenvalue weighted by atomic mass is 10.6. The van der Waals surface area contributed by atoms with E-state index in [0.29, 0.717) is 12.4 Å². The number of hydrogen-bond donors (Lipinski definition) is 1. The molecule has 0 saturated heterocycles. The fraction of sp³-hybridized carbons (Fsp3) is 0.286. The summed E-state index contributed by atoms with van der Waals surface area (Å²) in [5.74, 6) is 0.361. The third-order valence-electron chi connectivity index (χ3n) is 1.32. The fourth-order valence-electron chi connectivity index (χ4n) is 0.842. The van der Waals surface area contributed by atoms with Crippen LogP contribution in [-0.2, 0) is 6.54 Å². The molecule has 0 bridgehead atoms. The van der Waals surface area contributed by atoms with Crippen molar-refractivity contribution >= 4 is 6.16 Å². The molecule has 1 aromatic heterocycles. The van der Waals surface area contributed by atoms with Crippen molar-refractivity contribution < 1.29 is 14.6 Å². The molecule has 0 aliphatic heterocycles. The van der Waals surface area contributed by atoms with Gasteiger partial charge in [-0.1, -0.05) is 0 Å². The second-order valence-electron chi connectivity index (χ2n) is 2.00. The maximum atomic E-state index is 10.1. The average molecular weight is 155 g/mol. The van der Waals surface area contributed by atoms with Crippen molar-refractivity contribution in [3.8, 4) is 5.88 Å². The highest BCUT2D eigenvalue weighted by Crippen LogP contribution is 2.11. The van der Waals surface area contributed by atoms with E-state index in [0.717, 1.165) is 0 Å². The van der Waals surface area contributed by atoms with Crippen molar-refractivity contribution in [3.05, 3.63) is 18.3 Å². The number of ether oxygens (including phenoxy) is 1. The quantitative estimate of drug-likeness (QED) is 0.659. The Bertz CT molecular complexity index is 254. The molecule has 0 aliphatic carbocycles. The molecule has 0 aliphatic rings. The van der Waals surface area contributed by atoms with E-state index in [1.54, 1.807) is 22.9 Å². The van der Waals surface area contributed by atoms with Gasteiger partial charge >= 0.3 is 6.16 Å². The van der Waals surface area contributed by atoms with Gasteiger partial charge in [-0.05, 0) is 13.0 Å². The zero-order valence-corrected chi connectivity index (χ0v) is 6.15. The van der Waals surface area contributed by atoms with Gasteiger partial charge in [0.25, 0.3) is 0 Å². The van der Waals surface area contributed by atoms with E-state index < -0.39 is 6.16 Å². The zero-order valence-electron chi connectivity index (χ0n) is 6.15. The topological polar surface area (TPSA) is 51.5 Å². The third-order valence-corrected chi connectivity index (χ3v) is 1.32. The molecule has 0 spiro atoms. The predicted molar refractivity (Wildman–Crippen MR) is 38.8 cm³/mol. The zero-order chi connectivity index (χ0) is 8.27. The average Bonchev–Trinajstić information content (AvgIpc) is 2.34. The highest BCUT2D eigenvalue weighted by Gasteiger charge is 2.03. The Morgan fingerprint density at radius 3 is 3.09 bits per heavy atom. The molecule has 1 rings (SSSR count). The van der Waals surface area contributed by atoms with E-state index >= 15 is 0 Å². The van der Waals surface area contributed by atoms with E-state index in [1.807, 2.05) is 6.92 Å².